The molecule has 1 aromatic carbocycles. The lowest BCUT2D eigenvalue weighted by molar-refractivity contribution is -0.134. The van der Waals surface area contributed by atoms with Gasteiger partial charge in [0.1, 0.15) is 10.7 Å². The number of nitrogens with zero attached hydrogens (tertiary/aromatic N) is 6. The van der Waals surface area contributed by atoms with Crippen molar-refractivity contribution in [2.24, 2.45) is 12.5 Å². The molecule has 0 saturated heterocycles. The standard InChI is InChI=1S/C29H28F4N6O2S2/c1-4-38(43(3,41)25-11-12-37(2)36-25)22-8-5-19-13-23-18(16-35-39(23)21-9-6-20(30)7-10-21)14-28(19,15-22)26(40)27-34-17-24(42-27)29(31,32)33/h6-7,9-13,16-17,22H,3-5,8,14-15H2,1-2H3/t22-,28-,43?/m0/s1. The summed E-state index contributed by atoms with van der Waals surface area (Å²) in [5.74, 6) is 3.15. The third-order valence-corrected chi connectivity index (χ3v) is 11.5. The third kappa shape index (κ3) is 5.04. The predicted molar refractivity (Wildman–Crippen MR) is 156 cm³/mol. The lowest BCUT2D eigenvalue weighted by atomic mass is 9.61. The van der Waals surface area contributed by atoms with Crippen LogP contribution in [0.2, 0.25) is 0 Å². The smallest absolute Gasteiger partial charge is 0.290 e. The third-order valence-electron chi connectivity index (χ3n) is 8.23. The summed E-state index contributed by atoms with van der Waals surface area (Å²) in [6.45, 7) is 2.21. The molecule has 1 fully saturated rings. The molecule has 0 amide bonds. The van der Waals surface area contributed by atoms with Gasteiger partial charge < -0.3 is 0 Å². The molecule has 0 bridgehead atoms. The zero-order valence-electron chi connectivity index (χ0n) is 23.3. The fourth-order valence-corrected chi connectivity index (χ4v) is 8.90. The minimum atomic E-state index is -4.63. The van der Waals surface area contributed by atoms with Crippen LogP contribution in [0.4, 0.5) is 17.6 Å². The molecule has 2 aliphatic carbocycles. The fourth-order valence-electron chi connectivity index (χ4n) is 6.22. The zero-order chi connectivity index (χ0) is 30.7. The number of ketones is 1. The lowest BCUT2D eigenvalue weighted by Gasteiger charge is -2.46. The highest BCUT2D eigenvalue weighted by Crippen LogP contribution is 2.52. The van der Waals surface area contributed by atoms with E-state index < -0.39 is 32.0 Å². The second-order valence-electron chi connectivity index (χ2n) is 10.8. The molecule has 0 N–H and O–H groups in total. The molecule has 43 heavy (non-hydrogen) atoms. The number of hydrogen-bond acceptors (Lipinski definition) is 6. The lowest BCUT2D eigenvalue weighted by Crippen LogP contribution is -2.50. The maximum atomic E-state index is 14.3. The van der Waals surface area contributed by atoms with Crippen molar-refractivity contribution in [1.29, 1.82) is 0 Å². The van der Waals surface area contributed by atoms with Gasteiger partial charge in [-0.25, -0.2) is 22.6 Å². The van der Waals surface area contributed by atoms with E-state index in [2.05, 4.69) is 21.1 Å². The molecule has 6 rings (SSSR count). The van der Waals surface area contributed by atoms with Crippen LogP contribution in [-0.2, 0) is 29.4 Å². The quantitative estimate of drug-likeness (QED) is 0.151. The Morgan fingerprint density at radius 2 is 1.98 bits per heavy atom. The Bertz CT molecular complexity index is 1840. The van der Waals surface area contributed by atoms with Gasteiger partial charge >= 0.3 is 6.18 Å². The number of carbonyl (C=O) groups is 1. The molecular formula is C29H28F4N6O2S2. The molecular weight excluding hydrogens is 604 g/mol. The van der Waals surface area contributed by atoms with Gasteiger partial charge in [0.2, 0.25) is 5.78 Å². The van der Waals surface area contributed by atoms with Crippen molar-refractivity contribution in [2.75, 3.05) is 6.54 Å². The van der Waals surface area contributed by atoms with E-state index in [9.17, 15) is 26.6 Å². The van der Waals surface area contributed by atoms with Crippen LogP contribution in [0.25, 0.3) is 11.8 Å². The zero-order valence-corrected chi connectivity index (χ0v) is 25.0. The number of aryl methyl sites for hydroxylation is 1. The molecule has 226 valence electrons. The number of allylic oxidation sites excluding steroid dienone is 1. The summed E-state index contributed by atoms with van der Waals surface area (Å²) in [6.07, 6.45) is 2.60. The molecule has 14 heteroatoms. The van der Waals surface area contributed by atoms with Gasteiger partial charge in [0, 0.05) is 25.8 Å². The number of hydrogen-bond donors (Lipinski definition) is 0. The average molecular weight is 633 g/mol. The summed E-state index contributed by atoms with van der Waals surface area (Å²) < 4.78 is 73.1. The van der Waals surface area contributed by atoms with Gasteiger partial charge in [-0.3, -0.25) is 9.48 Å². The minimum absolute atomic E-state index is 0.172. The van der Waals surface area contributed by atoms with Crippen LogP contribution < -0.4 is 0 Å². The van der Waals surface area contributed by atoms with Gasteiger partial charge in [0.25, 0.3) is 0 Å². The van der Waals surface area contributed by atoms with E-state index >= 15 is 0 Å². The normalized spacial score (nSPS) is 21.7. The maximum Gasteiger partial charge on any atom is 0.427 e. The number of alkyl halides is 3. The molecule has 3 aromatic heterocycles. The number of fused-ring (bicyclic) bond motifs is 2. The molecule has 1 unspecified atom stereocenters. The first-order chi connectivity index (χ1) is 20.3. The Hall–Kier alpha value is -3.62. The van der Waals surface area contributed by atoms with Crippen LogP contribution in [-0.4, -0.2) is 57.3 Å². The fraction of sp³-hybridized carbons (Fsp3) is 0.345. The predicted octanol–water partition coefficient (Wildman–Crippen LogP) is 5.59. The summed E-state index contributed by atoms with van der Waals surface area (Å²) in [5.41, 5.74) is 1.59. The van der Waals surface area contributed by atoms with Crippen LogP contribution in [0.3, 0.4) is 0 Å². The van der Waals surface area contributed by atoms with Crippen molar-refractivity contribution in [2.45, 2.75) is 49.9 Å². The number of halogens is 4. The molecule has 4 aromatic rings. The van der Waals surface area contributed by atoms with E-state index in [-0.39, 0.29) is 29.7 Å². The van der Waals surface area contributed by atoms with Gasteiger partial charge in [-0.05, 0) is 73.5 Å². The number of aromatic nitrogens is 5. The van der Waals surface area contributed by atoms with E-state index in [1.54, 1.807) is 51.3 Å². The first-order valence-electron chi connectivity index (χ1n) is 13.6. The van der Waals surface area contributed by atoms with Gasteiger partial charge in [-0.2, -0.15) is 23.4 Å². The summed E-state index contributed by atoms with van der Waals surface area (Å²) in [5, 5.41) is 8.93. The van der Waals surface area contributed by atoms with E-state index in [1.165, 1.54) is 12.1 Å². The highest BCUT2D eigenvalue weighted by molar-refractivity contribution is 7.98. The van der Waals surface area contributed by atoms with Crippen molar-refractivity contribution in [1.82, 2.24) is 28.9 Å². The van der Waals surface area contributed by atoms with Crippen molar-refractivity contribution in [3.8, 4) is 5.69 Å². The van der Waals surface area contributed by atoms with E-state index in [0.29, 0.717) is 47.6 Å². The van der Waals surface area contributed by atoms with Crippen molar-refractivity contribution in [3.63, 3.8) is 0 Å². The van der Waals surface area contributed by atoms with Crippen molar-refractivity contribution in [3.05, 3.63) is 81.5 Å². The van der Waals surface area contributed by atoms with Gasteiger partial charge in [-0.1, -0.05) is 12.5 Å². The van der Waals surface area contributed by atoms with Crippen molar-refractivity contribution < 1.29 is 26.6 Å². The minimum Gasteiger partial charge on any atom is -0.290 e. The SMILES string of the molecule is C=S(=O)(c1ccn(C)n1)N(CC)[C@H]1CCC2=Cc3c(cnn3-c3ccc(F)cc3)C[C@]2(C(=O)c2ncc(C(F)(F)F)s2)C1. The Morgan fingerprint density at radius 3 is 2.60 bits per heavy atom. The molecule has 0 aliphatic heterocycles. The molecule has 0 radical (unpaired) electrons. The molecule has 8 nitrogen and oxygen atoms in total. The highest BCUT2D eigenvalue weighted by atomic mass is 32.2. The summed E-state index contributed by atoms with van der Waals surface area (Å²) >= 11 is 0.333. The van der Waals surface area contributed by atoms with Gasteiger partial charge in [-0.15, -0.1) is 11.3 Å². The van der Waals surface area contributed by atoms with Crippen LogP contribution >= 0.6 is 11.3 Å². The van der Waals surface area contributed by atoms with Crippen LogP contribution in [0.5, 0.6) is 0 Å². The molecule has 3 heterocycles. The number of Topliss-reactive ketones (excluding diaryl/α,β-unsaturated/α-hetero) is 1. The molecule has 0 spiro atoms. The summed E-state index contributed by atoms with van der Waals surface area (Å²) in [6, 6.07) is 7.13. The van der Waals surface area contributed by atoms with E-state index in [1.807, 2.05) is 13.0 Å². The Labute approximate surface area is 249 Å². The summed E-state index contributed by atoms with van der Waals surface area (Å²) in [7, 11) is -1.32. The number of carbonyl (C=O) groups excluding carboxylic acids is 1. The van der Waals surface area contributed by atoms with Crippen molar-refractivity contribution >= 4 is 38.8 Å². The largest absolute Gasteiger partial charge is 0.427 e. The Balaban J connectivity index is 1.44. The second kappa shape index (κ2) is 10.5. The first kappa shape index (κ1) is 29.5. The molecule has 3 atom stereocenters. The van der Waals surface area contributed by atoms with Gasteiger partial charge in [0.05, 0.1) is 38.9 Å². The van der Waals surface area contributed by atoms with Gasteiger partial charge in [0.15, 0.2) is 10.0 Å². The summed E-state index contributed by atoms with van der Waals surface area (Å²) in [4.78, 5) is 17.3. The van der Waals surface area contributed by atoms with Crippen LogP contribution in [0.15, 0.2) is 59.5 Å². The monoisotopic (exact) mass is 632 g/mol. The number of thiazole rings is 1. The topological polar surface area (TPSA) is 85.9 Å². The molecule has 1 saturated carbocycles. The Morgan fingerprint density at radius 1 is 1.23 bits per heavy atom. The highest BCUT2D eigenvalue weighted by Gasteiger charge is 2.52. The van der Waals surface area contributed by atoms with Crippen LogP contribution in [0, 0.1) is 11.2 Å². The van der Waals surface area contributed by atoms with E-state index in [4.69, 9.17) is 0 Å². The average Bonchev–Trinajstić information content (AvgIpc) is 3.72. The first-order valence-corrected chi connectivity index (χ1v) is 16.1. The second-order valence-corrected chi connectivity index (χ2v) is 14.0. The van der Waals surface area contributed by atoms with E-state index in [0.717, 1.165) is 16.8 Å². The Kier molecular flexibility index (Phi) is 7.21. The number of rotatable bonds is 7. The van der Waals surface area contributed by atoms with Crippen LogP contribution in [0.1, 0.15) is 52.1 Å². The molecule has 2 aliphatic rings. The maximum absolute atomic E-state index is 14.3. The number of benzene rings is 1.